The van der Waals surface area contributed by atoms with Gasteiger partial charge in [-0.15, -0.1) is 0 Å². The van der Waals surface area contributed by atoms with Crippen LogP contribution in [-0.4, -0.2) is 39.6 Å². The Hall–Kier alpha value is -1.56. The van der Waals surface area contributed by atoms with Gasteiger partial charge in [-0.25, -0.2) is 4.98 Å². The van der Waals surface area contributed by atoms with Crippen LogP contribution in [0.4, 0.5) is 0 Å². The van der Waals surface area contributed by atoms with E-state index in [-0.39, 0.29) is 17.9 Å². The number of carbonyl (C=O) groups is 1. The van der Waals surface area contributed by atoms with Crippen molar-refractivity contribution in [2.45, 2.75) is 44.9 Å². The Balaban J connectivity index is 1.49. The van der Waals surface area contributed by atoms with Gasteiger partial charge in [0.15, 0.2) is 0 Å². The summed E-state index contributed by atoms with van der Waals surface area (Å²) in [5.74, 6) is 1.26. The molecule has 144 valence electrons. The third-order valence-electron chi connectivity index (χ3n) is 5.18. The molecule has 5 nitrogen and oxygen atoms in total. The molecule has 1 aromatic heterocycles. The number of hydrogen-bond donors (Lipinski definition) is 0. The summed E-state index contributed by atoms with van der Waals surface area (Å²) in [5, 5.41) is 1.25. The Kier molecular flexibility index (Phi) is 5.71. The van der Waals surface area contributed by atoms with Crippen LogP contribution in [0.1, 0.15) is 37.1 Å². The number of carbonyl (C=O) groups excluding carboxylic acids is 1. The van der Waals surface area contributed by atoms with Gasteiger partial charge < -0.3 is 14.2 Å². The Morgan fingerprint density at radius 1 is 1.30 bits per heavy atom. The van der Waals surface area contributed by atoms with Crippen LogP contribution in [0.2, 0.25) is 10.0 Å². The fourth-order valence-electron chi connectivity index (χ4n) is 3.49. The lowest BCUT2D eigenvalue weighted by atomic mass is 10.2. The lowest BCUT2D eigenvalue weighted by Crippen LogP contribution is -2.38. The van der Waals surface area contributed by atoms with Crippen LogP contribution >= 0.6 is 23.2 Å². The van der Waals surface area contributed by atoms with E-state index in [1.54, 1.807) is 12.3 Å². The van der Waals surface area contributed by atoms with Gasteiger partial charge in [0.2, 0.25) is 5.91 Å². The van der Waals surface area contributed by atoms with Crippen LogP contribution in [-0.2, 0) is 22.6 Å². The zero-order valence-electron chi connectivity index (χ0n) is 15.1. The Morgan fingerprint density at radius 3 is 2.85 bits per heavy atom. The summed E-state index contributed by atoms with van der Waals surface area (Å²) in [6.45, 7) is 2.52. The number of rotatable bonds is 7. The summed E-state index contributed by atoms with van der Waals surface area (Å²) >= 11 is 12.3. The lowest BCUT2D eigenvalue weighted by molar-refractivity contribution is -0.135. The predicted molar refractivity (Wildman–Crippen MR) is 105 cm³/mol. The second-order valence-electron chi connectivity index (χ2n) is 7.34. The molecular weight excluding hydrogens is 385 g/mol. The van der Waals surface area contributed by atoms with Gasteiger partial charge in [0.1, 0.15) is 5.82 Å². The molecule has 1 unspecified atom stereocenters. The van der Waals surface area contributed by atoms with Gasteiger partial charge in [-0.05, 0) is 43.4 Å². The fourth-order valence-corrected chi connectivity index (χ4v) is 3.96. The molecule has 2 aromatic rings. The van der Waals surface area contributed by atoms with Crippen molar-refractivity contribution in [1.82, 2.24) is 14.5 Å². The third kappa shape index (κ3) is 4.65. The summed E-state index contributed by atoms with van der Waals surface area (Å²) < 4.78 is 7.79. The third-order valence-corrected chi connectivity index (χ3v) is 5.76. The Morgan fingerprint density at radius 2 is 2.15 bits per heavy atom. The van der Waals surface area contributed by atoms with E-state index in [1.807, 2.05) is 27.8 Å². The van der Waals surface area contributed by atoms with E-state index in [9.17, 15) is 4.79 Å². The SMILES string of the molecule is O=C(C1CC1)N(Cc1nccn1Cc1ccc(Cl)cc1Cl)CC1CCCO1. The van der Waals surface area contributed by atoms with E-state index >= 15 is 0 Å². The maximum absolute atomic E-state index is 12.8. The molecule has 2 heterocycles. The number of ether oxygens (including phenoxy) is 1. The molecule has 0 bridgehead atoms. The standard InChI is InChI=1S/C20H23Cl2N3O2/c21-16-6-5-15(18(22)10-16)11-24-8-7-23-19(24)13-25(20(26)14-3-4-14)12-17-2-1-9-27-17/h5-8,10,14,17H,1-4,9,11-13H2. The summed E-state index contributed by atoms with van der Waals surface area (Å²) in [7, 11) is 0. The molecule has 4 rings (SSSR count). The minimum Gasteiger partial charge on any atom is -0.376 e. The van der Waals surface area contributed by atoms with E-state index in [0.29, 0.717) is 29.7 Å². The summed E-state index contributed by atoms with van der Waals surface area (Å²) in [6, 6.07) is 5.50. The summed E-state index contributed by atoms with van der Waals surface area (Å²) in [5.41, 5.74) is 0.972. The van der Waals surface area contributed by atoms with Crippen LogP contribution in [0.3, 0.4) is 0 Å². The number of nitrogens with zero attached hydrogens (tertiary/aromatic N) is 3. The Bertz CT molecular complexity index is 813. The molecule has 27 heavy (non-hydrogen) atoms. The van der Waals surface area contributed by atoms with Crippen LogP contribution in [0, 0.1) is 5.92 Å². The number of aromatic nitrogens is 2. The second kappa shape index (κ2) is 8.21. The number of halogens is 2. The largest absolute Gasteiger partial charge is 0.376 e. The lowest BCUT2D eigenvalue weighted by Gasteiger charge is -2.25. The summed E-state index contributed by atoms with van der Waals surface area (Å²) in [6.07, 6.45) is 7.91. The highest BCUT2D eigenvalue weighted by molar-refractivity contribution is 6.35. The number of imidazole rings is 1. The van der Waals surface area contributed by atoms with Gasteiger partial charge in [-0.1, -0.05) is 29.3 Å². The van der Waals surface area contributed by atoms with E-state index in [0.717, 1.165) is 43.7 Å². The monoisotopic (exact) mass is 407 g/mol. The van der Waals surface area contributed by atoms with Gasteiger partial charge >= 0.3 is 0 Å². The number of hydrogen-bond acceptors (Lipinski definition) is 3. The minimum absolute atomic E-state index is 0.141. The minimum atomic E-state index is 0.141. The van der Waals surface area contributed by atoms with Crippen LogP contribution < -0.4 is 0 Å². The van der Waals surface area contributed by atoms with Gasteiger partial charge in [0.25, 0.3) is 0 Å². The maximum atomic E-state index is 12.8. The first kappa shape index (κ1) is 18.8. The second-order valence-corrected chi connectivity index (χ2v) is 8.18. The van der Waals surface area contributed by atoms with Crippen molar-refractivity contribution < 1.29 is 9.53 Å². The molecule has 1 aliphatic carbocycles. The van der Waals surface area contributed by atoms with Gasteiger partial charge in [0, 0.05) is 41.5 Å². The van der Waals surface area contributed by atoms with Crippen molar-refractivity contribution in [1.29, 1.82) is 0 Å². The molecule has 2 aliphatic rings. The molecule has 1 aliphatic heterocycles. The van der Waals surface area contributed by atoms with Crippen LogP contribution in [0.5, 0.6) is 0 Å². The average Bonchev–Trinajstić information content (AvgIpc) is 3.20. The fraction of sp³-hybridized carbons (Fsp3) is 0.500. The molecular formula is C20H23Cl2N3O2. The zero-order valence-corrected chi connectivity index (χ0v) is 16.6. The number of benzene rings is 1. The topological polar surface area (TPSA) is 47.4 Å². The van der Waals surface area contributed by atoms with E-state index in [4.69, 9.17) is 27.9 Å². The molecule has 0 N–H and O–H groups in total. The first-order chi connectivity index (χ1) is 13.1. The van der Waals surface area contributed by atoms with E-state index in [2.05, 4.69) is 4.98 Å². The average molecular weight is 408 g/mol. The first-order valence-corrected chi connectivity index (χ1v) is 10.2. The van der Waals surface area contributed by atoms with Crippen molar-refractivity contribution in [2.75, 3.05) is 13.2 Å². The van der Waals surface area contributed by atoms with Gasteiger partial charge in [0.05, 0.1) is 19.2 Å². The molecule has 1 atom stereocenters. The van der Waals surface area contributed by atoms with Crippen molar-refractivity contribution in [3.8, 4) is 0 Å². The molecule has 1 saturated heterocycles. The van der Waals surface area contributed by atoms with E-state index in [1.165, 1.54) is 0 Å². The van der Waals surface area contributed by atoms with Crippen LogP contribution in [0.15, 0.2) is 30.6 Å². The smallest absolute Gasteiger partial charge is 0.226 e. The normalized spacial score (nSPS) is 19.4. The maximum Gasteiger partial charge on any atom is 0.226 e. The molecule has 0 radical (unpaired) electrons. The molecule has 7 heteroatoms. The zero-order chi connectivity index (χ0) is 18.8. The molecule has 1 aromatic carbocycles. The number of amides is 1. The molecule has 1 amide bonds. The highest BCUT2D eigenvalue weighted by atomic mass is 35.5. The van der Waals surface area contributed by atoms with Crippen molar-refractivity contribution in [3.05, 3.63) is 52.0 Å². The highest BCUT2D eigenvalue weighted by Crippen LogP contribution is 2.32. The molecule has 0 spiro atoms. The molecule has 2 fully saturated rings. The quantitative estimate of drug-likeness (QED) is 0.692. The highest BCUT2D eigenvalue weighted by Gasteiger charge is 2.35. The van der Waals surface area contributed by atoms with Crippen LogP contribution in [0.25, 0.3) is 0 Å². The van der Waals surface area contributed by atoms with Crippen molar-refractivity contribution in [2.24, 2.45) is 5.92 Å². The van der Waals surface area contributed by atoms with Gasteiger partial charge in [-0.3, -0.25) is 4.79 Å². The summed E-state index contributed by atoms with van der Waals surface area (Å²) in [4.78, 5) is 19.2. The Labute approximate surface area is 169 Å². The first-order valence-electron chi connectivity index (χ1n) is 9.44. The predicted octanol–water partition coefficient (Wildman–Crippen LogP) is 4.16. The van der Waals surface area contributed by atoms with E-state index < -0.39 is 0 Å². The van der Waals surface area contributed by atoms with Crippen molar-refractivity contribution >= 4 is 29.1 Å². The molecule has 1 saturated carbocycles. The van der Waals surface area contributed by atoms with Crippen molar-refractivity contribution in [3.63, 3.8) is 0 Å². The van der Waals surface area contributed by atoms with Gasteiger partial charge in [-0.2, -0.15) is 0 Å².